The van der Waals surface area contributed by atoms with E-state index in [9.17, 15) is 4.79 Å². The smallest absolute Gasteiger partial charge is 0.315 e. The van der Waals surface area contributed by atoms with Gasteiger partial charge >= 0.3 is 6.03 Å². The van der Waals surface area contributed by atoms with Crippen LogP contribution in [0.3, 0.4) is 0 Å². The highest BCUT2D eigenvalue weighted by molar-refractivity contribution is 5.73. The third-order valence-corrected chi connectivity index (χ3v) is 3.80. The van der Waals surface area contributed by atoms with Crippen molar-refractivity contribution < 1.29 is 9.32 Å². The first kappa shape index (κ1) is 13.9. The molecular weight excluding hydrogens is 242 g/mol. The first-order chi connectivity index (χ1) is 9.24. The molecule has 2 N–H and O–H groups in total. The van der Waals surface area contributed by atoms with Crippen LogP contribution in [0.1, 0.15) is 44.7 Å². The van der Waals surface area contributed by atoms with Gasteiger partial charge in [0, 0.05) is 12.6 Å². The maximum Gasteiger partial charge on any atom is 0.315 e. The van der Waals surface area contributed by atoms with E-state index in [0.29, 0.717) is 6.54 Å². The molecule has 2 atom stereocenters. The fourth-order valence-corrected chi connectivity index (χ4v) is 2.77. The van der Waals surface area contributed by atoms with Crippen LogP contribution in [0.25, 0.3) is 0 Å². The highest BCUT2D eigenvalue weighted by atomic mass is 16.5. The Bertz CT molecular complexity index is 378. The average Bonchev–Trinajstić information content (AvgIpc) is 2.89. The predicted molar refractivity (Wildman–Crippen MR) is 72.5 cm³/mol. The van der Waals surface area contributed by atoms with Crippen LogP contribution in [0.15, 0.2) is 16.9 Å². The summed E-state index contributed by atoms with van der Waals surface area (Å²) in [4.78, 5) is 11.6. The lowest BCUT2D eigenvalue weighted by atomic mass is 9.81. The zero-order valence-corrected chi connectivity index (χ0v) is 11.5. The summed E-state index contributed by atoms with van der Waals surface area (Å²) in [5.74, 6) is 1.62. The Kier molecular flexibility index (Phi) is 5.24. The number of rotatable bonds is 5. The number of nitrogens with one attached hydrogen (secondary N) is 2. The maximum atomic E-state index is 11.6. The molecule has 5 nitrogen and oxygen atoms in total. The SMILES string of the molecule is CC1CCCC(CCNC(=O)NCc2ccon2)C1. The number of hydrogen-bond donors (Lipinski definition) is 2. The second-order valence-electron chi connectivity index (χ2n) is 5.53. The Hall–Kier alpha value is -1.52. The summed E-state index contributed by atoms with van der Waals surface area (Å²) < 4.78 is 4.70. The van der Waals surface area contributed by atoms with E-state index in [0.717, 1.165) is 30.5 Å². The lowest BCUT2D eigenvalue weighted by Gasteiger charge is -2.26. The fourth-order valence-electron chi connectivity index (χ4n) is 2.77. The highest BCUT2D eigenvalue weighted by Crippen LogP contribution is 2.30. The maximum absolute atomic E-state index is 11.6. The van der Waals surface area contributed by atoms with Gasteiger partial charge in [0.2, 0.25) is 0 Å². The molecule has 2 rings (SSSR count). The Morgan fingerprint density at radius 1 is 1.47 bits per heavy atom. The topological polar surface area (TPSA) is 67.2 Å². The van der Waals surface area contributed by atoms with E-state index in [1.807, 2.05) is 0 Å². The van der Waals surface area contributed by atoms with Crippen LogP contribution in [-0.2, 0) is 6.54 Å². The standard InChI is InChI=1S/C14H23N3O2/c1-11-3-2-4-12(9-11)5-7-15-14(18)16-10-13-6-8-19-17-13/h6,8,11-12H,2-5,7,9-10H2,1H3,(H2,15,16,18). The molecular formula is C14H23N3O2. The zero-order valence-electron chi connectivity index (χ0n) is 11.5. The lowest BCUT2D eigenvalue weighted by Crippen LogP contribution is -2.36. The normalized spacial score (nSPS) is 23.0. The number of aromatic nitrogens is 1. The molecule has 0 spiro atoms. The van der Waals surface area contributed by atoms with Crippen molar-refractivity contribution in [2.75, 3.05) is 6.54 Å². The summed E-state index contributed by atoms with van der Waals surface area (Å²) in [5.41, 5.74) is 0.733. The van der Waals surface area contributed by atoms with Gasteiger partial charge in [-0.3, -0.25) is 0 Å². The van der Waals surface area contributed by atoms with E-state index in [1.54, 1.807) is 6.07 Å². The van der Waals surface area contributed by atoms with Crippen molar-refractivity contribution in [2.45, 2.75) is 45.6 Å². The Balaban J connectivity index is 1.56. The third-order valence-electron chi connectivity index (χ3n) is 3.80. The largest absolute Gasteiger partial charge is 0.364 e. The molecule has 5 heteroatoms. The number of carbonyl (C=O) groups is 1. The van der Waals surface area contributed by atoms with E-state index < -0.39 is 0 Å². The molecule has 0 radical (unpaired) electrons. The van der Waals surface area contributed by atoms with Crippen molar-refractivity contribution in [3.63, 3.8) is 0 Å². The molecule has 2 amide bonds. The lowest BCUT2D eigenvalue weighted by molar-refractivity contribution is 0.235. The minimum Gasteiger partial charge on any atom is -0.364 e. The van der Waals surface area contributed by atoms with Crippen molar-refractivity contribution >= 4 is 6.03 Å². The number of hydrogen-bond acceptors (Lipinski definition) is 3. The van der Waals surface area contributed by atoms with Gasteiger partial charge in [0.25, 0.3) is 0 Å². The van der Waals surface area contributed by atoms with Crippen molar-refractivity contribution in [3.05, 3.63) is 18.0 Å². The van der Waals surface area contributed by atoms with Gasteiger partial charge in [0.1, 0.15) is 12.0 Å². The van der Waals surface area contributed by atoms with Gasteiger partial charge in [0.05, 0.1) is 6.54 Å². The molecule has 0 aromatic carbocycles. The molecule has 1 aromatic rings. The van der Waals surface area contributed by atoms with Crippen LogP contribution < -0.4 is 10.6 Å². The second kappa shape index (κ2) is 7.16. The number of urea groups is 1. The van der Waals surface area contributed by atoms with Crippen LogP contribution in [0.5, 0.6) is 0 Å². The van der Waals surface area contributed by atoms with E-state index >= 15 is 0 Å². The quantitative estimate of drug-likeness (QED) is 0.860. The molecule has 106 valence electrons. The van der Waals surface area contributed by atoms with Gasteiger partial charge in [-0.15, -0.1) is 0 Å². The molecule has 1 aliphatic rings. The molecule has 1 fully saturated rings. The van der Waals surface area contributed by atoms with Crippen molar-refractivity contribution in [3.8, 4) is 0 Å². The van der Waals surface area contributed by atoms with Gasteiger partial charge < -0.3 is 15.2 Å². The van der Waals surface area contributed by atoms with E-state index in [4.69, 9.17) is 4.52 Å². The molecule has 0 saturated heterocycles. The number of nitrogens with zero attached hydrogens (tertiary/aromatic N) is 1. The molecule has 0 bridgehead atoms. The molecule has 2 unspecified atom stereocenters. The first-order valence-electron chi connectivity index (χ1n) is 7.15. The fraction of sp³-hybridized carbons (Fsp3) is 0.714. The minimum atomic E-state index is -0.133. The van der Waals surface area contributed by atoms with Gasteiger partial charge in [-0.1, -0.05) is 31.3 Å². The predicted octanol–water partition coefficient (Wildman–Crippen LogP) is 2.69. The van der Waals surface area contributed by atoms with Gasteiger partial charge in [-0.05, 0) is 24.7 Å². The summed E-state index contributed by atoms with van der Waals surface area (Å²) >= 11 is 0. The monoisotopic (exact) mass is 265 g/mol. The van der Waals surface area contributed by atoms with E-state index in [-0.39, 0.29) is 6.03 Å². The molecule has 19 heavy (non-hydrogen) atoms. The van der Waals surface area contributed by atoms with Crippen LogP contribution >= 0.6 is 0 Å². The average molecular weight is 265 g/mol. The molecule has 1 heterocycles. The van der Waals surface area contributed by atoms with Gasteiger partial charge in [-0.25, -0.2) is 4.79 Å². The van der Waals surface area contributed by atoms with E-state index in [2.05, 4.69) is 22.7 Å². The molecule has 1 aromatic heterocycles. The van der Waals surface area contributed by atoms with Gasteiger partial charge in [0.15, 0.2) is 0 Å². The van der Waals surface area contributed by atoms with Crippen molar-refractivity contribution in [1.82, 2.24) is 15.8 Å². The van der Waals surface area contributed by atoms with Crippen LogP contribution in [0.4, 0.5) is 4.79 Å². The van der Waals surface area contributed by atoms with Crippen LogP contribution in [0, 0.1) is 11.8 Å². The van der Waals surface area contributed by atoms with E-state index in [1.165, 1.54) is 31.9 Å². The zero-order chi connectivity index (χ0) is 13.5. The summed E-state index contributed by atoms with van der Waals surface area (Å²) in [7, 11) is 0. The van der Waals surface area contributed by atoms with Gasteiger partial charge in [-0.2, -0.15) is 0 Å². The summed E-state index contributed by atoms with van der Waals surface area (Å²) in [6.45, 7) is 3.48. The third kappa shape index (κ3) is 4.93. The van der Waals surface area contributed by atoms with Crippen molar-refractivity contribution in [1.29, 1.82) is 0 Å². The Morgan fingerprint density at radius 3 is 3.11 bits per heavy atom. The van der Waals surface area contributed by atoms with Crippen molar-refractivity contribution in [2.24, 2.45) is 11.8 Å². The Morgan fingerprint density at radius 2 is 2.37 bits per heavy atom. The molecule has 1 aliphatic carbocycles. The van der Waals surface area contributed by atoms with Crippen LogP contribution in [-0.4, -0.2) is 17.7 Å². The summed E-state index contributed by atoms with van der Waals surface area (Å²) in [6.07, 6.45) is 7.90. The molecule has 1 saturated carbocycles. The van der Waals surface area contributed by atoms with Crippen LogP contribution in [0.2, 0.25) is 0 Å². The number of carbonyl (C=O) groups excluding carboxylic acids is 1. The Labute approximate surface area is 114 Å². The number of amides is 2. The minimum absolute atomic E-state index is 0.133. The highest BCUT2D eigenvalue weighted by Gasteiger charge is 2.18. The second-order valence-corrected chi connectivity index (χ2v) is 5.53. The summed E-state index contributed by atoms with van der Waals surface area (Å²) in [5, 5.41) is 9.39. The summed E-state index contributed by atoms with van der Waals surface area (Å²) in [6, 6.07) is 1.61. The first-order valence-corrected chi connectivity index (χ1v) is 7.15. The molecule has 0 aliphatic heterocycles.